The quantitative estimate of drug-likeness (QED) is 0.881. The lowest BCUT2D eigenvalue weighted by atomic mass is 10.1. The molecule has 114 valence electrons. The Morgan fingerprint density at radius 2 is 2.14 bits per heavy atom. The predicted molar refractivity (Wildman–Crippen MR) is 80.2 cm³/mol. The Balaban J connectivity index is 2.19. The van der Waals surface area contributed by atoms with Crippen LogP contribution in [0, 0.1) is 24.2 Å². The Hall–Kier alpha value is -2.81. The Kier molecular flexibility index (Phi) is 4.79. The van der Waals surface area contributed by atoms with E-state index in [0.717, 1.165) is 5.56 Å². The molecule has 0 fully saturated rings. The molecule has 1 N–H and O–H groups in total. The second kappa shape index (κ2) is 6.76. The fourth-order valence-corrected chi connectivity index (χ4v) is 2.06. The minimum Gasteiger partial charge on any atom is -0.481 e. The molecule has 0 radical (unpaired) electrons. The number of aryl methyl sites for hydroxylation is 1. The molecule has 0 aliphatic carbocycles. The monoisotopic (exact) mass is 299 g/mol. The van der Waals surface area contributed by atoms with Crippen LogP contribution in [0.3, 0.4) is 0 Å². The number of aromatic nitrogens is 1. The number of anilines is 1. The molecule has 1 aromatic carbocycles. The number of rotatable bonds is 6. The van der Waals surface area contributed by atoms with Crippen LogP contribution in [-0.2, 0) is 11.3 Å². The Bertz CT molecular complexity index is 685. The maximum Gasteiger partial charge on any atom is 0.308 e. The molecule has 2 rings (SSSR count). The summed E-state index contributed by atoms with van der Waals surface area (Å²) in [5.74, 6) is -0.113. The minimum absolute atomic E-state index is 0.321. The van der Waals surface area contributed by atoms with Gasteiger partial charge in [-0.05, 0) is 24.6 Å². The van der Waals surface area contributed by atoms with Crippen molar-refractivity contribution in [3.8, 4) is 6.07 Å². The number of carbonyl (C=O) groups is 1. The van der Waals surface area contributed by atoms with Gasteiger partial charge >= 0.3 is 5.97 Å². The molecule has 1 unspecified atom stereocenters. The molecule has 0 aliphatic heterocycles. The standard InChI is InChI=1S/C16H17N3O3/c1-11(16(20)21)9-19(15-7-12(2)22-18-15)10-14-5-3-13(8-17)4-6-14/h3-7,11H,9-10H2,1-2H3,(H,20,21). The number of carboxylic acids is 1. The molecule has 6 nitrogen and oxygen atoms in total. The number of carboxylic acid groups (broad SMARTS) is 1. The Labute approximate surface area is 128 Å². The second-order valence-corrected chi connectivity index (χ2v) is 5.22. The fourth-order valence-electron chi connectivity index (χ4n) is 2.06. The summed E-state index contributed by atoms with van der Waals surface area (Å²) in [5.41, 5.74) is 1.56. The van der Waals surface area contributed by atoms with Crippen LogP contribution in [0.15, 0.2) is 34.9 Å². The van der Waals surface area contributed by atoms with Gasteiger partial charge in [-0.3, -0.25) is 4.79 Å². The first-order chi connectivity index (χ1) is 10.5. The average molecular weight is 299 g/mol. The van der Waals surface area contributed by atoms with Gasteiger partial charge in [0.2, 0.25) is 0 Å². The summed E-state index contributed by atoms with van der Waals surface area (Å²) in [5, 5.41) is 21.9. The van der Waals surface area contributed by atoms with Gasteiger partial charge in [-0.2, -0.15) is 5.26 Å². The lowest BCUT2D eigenvalue weighted by Crippen LogP contribution is -2.31. The zero-order chi connectivity index (χ0) is 16.1. The summed E-state index contributed by atoms with van der Waals surface area (Å²) in [7, 11) is 0. The zero-order valence-electron chi connectivity index (χ0n) is 12.5. The highest BCUT2D eigenvalue weighted by atomic mass is 16.5. The van der Waals surface area contributed by atoms with E-state index in [-0.39, 0.29) is 0 Å². The van der Waals surface area contributed by atoms with Crippen molar-refractivity contribution in [1.82, 2.24) is 5.16 Å². The highest BCUT2D eigenvalue weighted by Crippen LogP contribution is 2.19. The van der Waals surface area contributed by atoms with E-state index in [2.05, 4.69) is 11.2 Å². The molecule has 1 heterocycles. The maximum atomic E-state index is 11.1. The minimum atomic E-state index is -0.856. The number of benzene rings is 1. The van der Waals surface area contributed by atoms with Gasteiger partial charge in [0.25, 0.3) is 0 Å². The smallest absolute Gasteiger partial charge is 0.308 e. The zero-order valence-corrected chi connectivity index (χ0v) is 12.5. The van der Waals surface area contributed by atoms with Crippen molar-refractivity contribution in [3.63, 3.8) is 0 Å². The maximum absolute atomic E-state index is 11.1. The van der Waals surface area contributed by atoms with Crippen LogP contribution in [0.25, 0.3) is 0 Å². The second-order valence-electron chi connectivity index (χ2n) is 5.22. The SMILES string of the molecule is Cc1cc(N(Cc2ccc(C#N)cc2)CC(C)C(=O)O)no1. The fraction of sp³-hybridized carbons (Fsp3) is 0.312. The lowest BCUT2D eigenvalue weighted by molar-refractivity contribution is -0.140. The van der Waals surface area contributed by atoms with Gasteiger partial charge in [0, 0.05) is 19.2 Å². The molecule has 1 aromatic heterocycles. The highest BCUT2D eigenvalue weighted by molar-refractivity contribution is 5.70. The third kappa shape index (κ3) is 3.85. The molecule has 0 saturated heterocycles. The Morgan fingerprint density at radius 1 is 1.45 bits per heavy atom. The molecule has 0 amide bonds. The third-order valence-corrected chi connectivity index (χ3v) is 3.31. The van der Waals surface area contributed by atoms with Crippen LogP contribution in [0.5, 0.6) is 0 Å². The van der Waals surface area contributed by atoms with Crippen molar-refractivity contribution in [3.05, 3.63) is 47.2 Å². The summed E-state index contributed by atoms with van der Waals surface area (Å²) in [6, 6.07) is 11.0. The molecule has 0 saturated carbocycles. The molecular formula is C16H17N3O3. The van der Waals surface area contributed by atoms with E-state index in [0.29, 0.717) is 30.2 Å². The molecule has 1 atom stereocenters. The normalized spacial score (nSPS) is 11.7. The number of nitriles is 1. The van der Waals surface area contributed by atoms with Gasteiger partial charge in [0.1, 0.15) is 5.76 Å². The van der Waals surface area contributed by atoms with Gasteiger partial charge in [0.05, 0.1) is 17.6 Å². The number of hydrogen-bond acceptors (Lipinski definition) is 5. The van der Waals surface area contributed by atoms with Crippen molar-refractivity contribution in [2.45, 2.75) is 20.4 Å². The van der Waals surface area contributed by atoms with E-state index in [1.807, 2.05) is 17.0 Å². The van der Waals surface area contributed by atoms with E-state index < -0.39 is 11.9 Å². The van der Waals surface area contributed by atoms with Crippen molar-refractivity contribution >= 4 is 11.8 Å². The molecule has 0 bridgehead atoms. The van der Waals surface area contributed by atoms with E-state index in [1.54, 1.807) is 32.0 Å². The van der Waals surface area contributed by atoms with E-state index in [9.17, 15) is 4.79 Å². The van der Waals surface area contributed by atoms with E-state index >= 15 is 0 Å². The van der Waals surface area contributed by atoms with Gasteiger partial charge in [-0.15, -0.1) is 0 Å². The van der Waals surface area contributed by atoms with Crippen molar-refractivity contribution < 1.29 is 14.4 Å². The molecule has 0 spiro atoms. The summed E-state index contributed by atoms with van der Waals surface area (Å²) < 4.78 is 5.08. The van der Waals surface area contributed by atoms with Crippen LogP contribution < -0.4 is 4.90 Å². The molecule has 22 heavy (non-hydrogen) atoms. The first-order valence-corrected chi connectivity index (χ1v) is 6.89. The van der Waals surface area contributed by atoms with Crippen LogP contribution in [0.2, 0.25) is 0 Å². The summed E-state index contributed by atoms with van der Waals surface area (Å²) >= 11 is 0. The van der Waals surface area contributed by atoms with Crippen LogP contribution in [0.1, 0.15) is 23.8 Å². The van der Waals surface area contributed by atoms with Crippen LogP contribution in [0.4, 0.5) is 5.82 Å². The Morgan fingerprint density at radius 3 is 2.64 bits per heavy atom. The number of hydrogen-bond donors (Lipinski definition) is 1. The largest absolute Gasteiger partial charge is 0.481 e. The predicted octanol–water partition coefficient (Wildman–Crippen LogP) is 2.58. The summed E-state index contributed by atoms with van der Waals surface area (Å²) in [6.45, 7) is 4.26. The van der Waals surface area contributed by atoms with Crippen LogP contribution >= 0.6 is 0 Å². The topological polar surface area (TPSA) is 90.4 Å². The first kappa shape index (κ1) is 15.6. The first-order valence-electron chi connectivity index (χ1n) is 6.89. The average Bonchev–Trinajstić information content (AvgIpc) is 2.93. The molecule has 6 heteroatoms. The van der Waals surface area contributed by atoms with Gasteiger partial charge in [0.15, 0.2) is 5.82 Å². The molecule has 0 aliphatic rings. The summed E-state index contributed by atoms with van der Waals surface area (Å²) in [6.07, 6.45) is 0. The van der Waals surface area contributed by atoms with Crippen molar-refractivity contribution in [1.29, 1.82) is 5.26 Å². The van der Waals surface area contributed by atoms with E-state index in [1.165, 1.54) is 0 Å². The van der Waals surface area contributed by atoms with Gasteiger partial charge in [-0.25, -0.2) is 0 Å². The third-order valence-electron chi connectivity index (χ3n) is 3.31. The summed E-state index contributed by atoms with van der Waals surface area (Å²) in [4.78, 5) is 13.0. The number of nitrogens with zero attached hydrogens (tertiary/aromatic N) is 3. The molecule has 2 aromatic rings. The van der Waals surface area contributed by atoms with Crippen LogP contribution in [-0.4, -0.2) is 22.8 Å². The van der Waals surface area contributed by atoms with E-state index in [4.69, 9.17) is 14.9 Å². The van der Waals surface area contributed by atoms with Gasteiger partial charge in [-0.1, -0.05) is 24.2 Å². The molecular weight excluding hydrogens is 282 g/mol. The highest BCUT2D eigenvalue weighted by Gasteiger charge is 2.19. The van der Waals surface area contributed by atoms with Gasteiger partial charge < -0.3 is 14.5 Å². The lowest BCUT2D eigenvalue weighted by Gasteiger charge is -2.23. The van der Waals surface area contributed by atoms with Crippen molar-refractivity contribution in [2.75, 3.05) is 11.4 Å². The van der Waals surface area contributed by atoms with Crippen molar-refractivity contribution in [2.24, 2.45) is 5.92 Å². The number of aliphatic carboxylic acids is 1.